The first-order valence-corrected chi connectivity index (χ1v) is 9.28. The maximum absolute atomic E-state index is 12.5. The van der Waals surface area contributed by atoms with E-state index in [1.54, 1.807) is 18.3 Å². The van der Waals surface area contributed by atoms with Crippen molar-refractivity contribution in [3.8, 4) is 0 Å². The van der Waals surface area contributed by atoms with Gasteiger partial charge in [-0.1, -0.05) is 30.6 Å². The minimum atomic E-state index is -0.288. The van der Waals surface area contributed by atoms with Gasteiger partial charge >= 0.3 is 5.97 Å². The fraction of sp³-hybridized carbons (Fsp3) is 0.762. The number of hydrogen-bond acceptors (Lipinski definition) is 2. The molecule has 128 valence electrons. The van der Waals surface area contributed by atoms with E-state index in [4.69, 9.17) is 4.74 Å². The zero-order valence-electron chi connectivity index (χ0n) is 15.5. The van der Waals surface area contributed by atoms with Gasteiger partial charge in [-0.05, 0) is 82.1 Å². The summed E-state index contributed by atoms with van der Waals surface area (Å²) in [6.07, 6.45) is 10.7. The quantitative estimate of drug-likeness (QED) is 0.602. The van der Waals surface area contributed by atoms with E-state index >= 15 is 0 Å². The highest BCUT2D eigenvalue weighted by atomic mass is 16.5. The molecule has 23 heavy (non-hydrogen) atoms. The summed E-state index contributed by atoms with van der Waals surface area (Å²) in [5.41, 5.74) is 4.64. The van der Waals surface area contributed by atoms with Crippen molar-refractivity contribution in [2.75, 3.05) is 7.11 Å². The number of methoxy groups -OCH3 is 1. The lowest BCUT2D eigenvalue weighted by molar-refractivity contribution is -0.168. The molecule has 2 saturated carbocycles. The number of fused-ring (bicyclic) bond motifs is 3. The van der Waals surface area contributed by atoms with Crippen molar-refractivity contribution < 1.29 is 9.53 Å². The van der Waals surface area contributed by atoms with E-state index in [2.05, 4.69) is 33.8 Å². The fourth-order valence-corrected chi connectivity index (χ4v) is 6.04. The average molecular weight is 316 g/mol. The summed E-state index contributed by atoms with van der Waals surface area (Å²) in [5.74, 6) is 1.14. The van der Waals surface area contributed by atoms with Gasteiger partial charge in [0.25, 0.3) is 0 Å². The monoisotopic (exact) mass is 316 g/mol. The molecule has 3 aliphatic rings. The maximum atomic E-state index is 12.5. The van der Waals surface area contributed by atoms with E-state index in [9.17, 15) is 4.79 Å². The maximum Gasteiger partial charge on any atom is 0.311 e. The van der Waals surface area contributed by atoms with Gasteiger partial charge in [0.05, 0.1) is 12.5 Å². The minimum absolute atomic E-state index is 0.0154. The van der Waals surface area contributed by atoms with E-state index in [1.165, 1.54) is 24.8 Å². The Balaban J connectivity index is 1.98. The average Bonchev–Trinajstić information content (AvgIpc) is 2.53. The molecule has 0 N–H and O–H groups in total. The number of allylic oxidation sites excluding steroid dienone is 4. The summed E-state index contributed by atoms with van der Waals surface area (Å²) in [7, 11) is 1.55. The van der Waals surface area contributed by atoms with Gasteiger partial charge in [0.2, 0.25) is 0 Å². The molecular weight excluding hydrogens is 284 g/mol. The van der Waals surface area contributed by atoms with Gasteiger partial charge in [-0.2, -0.15) is 0 Å². The van der Waals surface area contributed by atoms with Crippen LogP contribution in [0.5, 0.6) is 0 Å². The second kappa shape index (κ2) is 5.79. The van der Waals surface area contributed by atoms with Gasteiger partial charge in [-0.3, -0.25) is 4.79 Å². The third-order valence-corrected chi connectivity index (χ3v) is 7.30. The zero-order chi connectivity index (χ0) is 16.8. The molecule has 3 aliphatic carbocycles. The van der Waals surface area contributed by atoms with Gasteiger partial charge in [0, 0.05) is 0 Å². The molecule has 2 heteroatoms. The van der Waals surface area contributed by atoms with E-state index < -0.39 is 0 Å². The van der Waals surface area contributed by atoms with Crippen LogP contribution in [0.3, 0.4) is 0 Å². The molecule has 0 bridgehead atoms. The molecule has 0 aromatic carbocycles. The van der Waals surface area contributed by atoms with Crippen molar-refractivity contribution in [1.29, 1.82) is 0 Å². The van der Waals surface area contributed by atoms with Crippen LogP contribution in [0.15, 0.2) is 22.8 Å². The summed E-state index contributed by atoms with van der Waals surface area (Å²) in [6, 6.07) is 0. The smallest absolute Gasteiger partial charge is 0.311 e. The molecule has 3 rings (SSSR count). The Kier molecular flexibility index (Phi) is 4.23. The molecule has 0 saturated heterocycles. The number of hydrogen-bond donors (Lipinski definition) is 0. The standard InChI is InChI=1S/C21H32O2/c1-14(2)15-7-9-17-16(13-15)8-10-18-20(17,3)11-6-12-21(18,4)19(22)23-5/h13,17-18H,6-12H2,1-5H3/t17-,18?,20+,21-/m0/s1. The molecule has 0 spiro atoms. The highest BCUT2D eigenvalue weighted by Crippen LogP contribution is 2.63. The van der Waals surface area contributed by atoms with Gasteiger partial charge in [0.1, 0.15) is 0 Å². The lowest BCUT2D eigenvalue weighted by Crippen LogP contribution is -2.54. The van der Waals surface area contributed by atoms with Crippen LogP contribution in [0.2, 0.25) is 0 Å². The Morgan fingerprint density at radius 3 is 2.57 bits per heavy atom. The summed E-state index contributed by atoms with van der Waals surface area (Å²) in [6.45, 7) is 9.09. The number of ether oxygens (including phenoxy) is 1. The number of esters is 1. The van der Waals surface area contributed by atoms with Crippen LogP contribution in [-0.4, -0.2) is 13.1 Å². The van der Waals surface area contributed by atoms with Crippen molar-refractivity contribution in [2.24, 2.45) is 22.7 Å². The first-order chi connectivity index (χ1) is 10.8. The molecule has 2 fully saturated rings. The second-order valence-electron chi connectivity index (χ2n) is 8.70. The van der Waals surface area contributed by atoms with E-state index in [0.29, 0.717) is 11.8 Å². The van der Waals surface area contributed by atoms with Crippen LogP contribution in [0.25, 0.3) is 0 Å². The summed E-state index contributed by atoms with van der Waals surface area (Å²) in [4.78, 5) is 12.5. The Hall–Kier alpha value is -1.05. The van der Waals surface area contributed by atoms with Gasteiger partial charge < -0.3 is 4.74 Å². The van der Waals surface area contributed by atoms with Crippen molar-refractivity contribution in [1.82, 2.24) is 0 Å². The molecular formula is C21H32O2. The van der Waals surface area contributed by atoms with E-state index in [1.807, 2.05) is 0 Å². The Bertz CT molecular complexity index is 566. The van der Waals surface area contributed by atoms with Gasteiger partial charge in [-0.15, -0.1) is 0 Å². The predicted molar refractivity (Wildman–Crippen MR) is 94.0 cm³/mol. The molecule has 0 aromatic rings. The lowest BCUT2D eigenvalue weighted by Gasteiger charge is -2.58. The van der Waals surface area contributed by atoms with Crippen LogP contribution in [0.1, 0.15) is 72.6 Å². The van der Waals surface area contributed by atoms with Crippen LogP contribution >= 0.6 is 0 Å². The van der Waals surface area contributed by atoms with Crippen LogP contribution in [-0.2, 0) is 9.53 Å². The van der Waals surface area contributed by atoms with Crippen LogP contribution in [0.4, 0.5) is 0 Å². The summed E-state index contributed by atoms with van der Waals surface area (Å²) in [5, 5.41) is 0. The van der Waals surface area contributed by atoms with Crippen LogP contribution in [0, 0.1) is 22.7 Å². The van der Waals surface area contributed by atoms with Gasteiger partial charge in [0.15, 0.2) is 0 Å². The van der Waals surface area contributed by atoms with Crippen molar-refractivity contribution in [2.45, 2.75) is 72.6 Å². The van der Waals surface area contributed by atoms with Crippen molar-refractivity contribution in [3.05, 3.63) is 22.8 Å². The first-order valence-electron chi connectivity index (χ1n) is 9.28. The van der Waals surface area contributed by atoms with Gasteiger partial charge in [-0.25, -0.2) is 0 Å². The molecule has 4 atom stereocenters. The van der Waals surface area contributed by atoms with E-state index in [-0.39, 0.29) is 16.8 Å². The Morgan fingerprint density at radius 1 is 1.17 bits per heavy atom. The number of carbonyl (C=O) groups is 1. The number of carbonyl (C=O) groups excluding carboxylic acids is 1. The molecule has 1 unspecified atom stereocenters. The summed E-state index contributed by atoms with van der Waals surface area (Å²) < 4.78 is 5.21. The van der Waals surface area contributed by atoms with E-state index in [0.717, 1.165) is 25.7 Å². The SMILES string of the molecule is COC(=O)[C@@]1(C)CCC[C@@]2(C)C1CCC1=CC(=C(C)C)CC[C@@H]12. The number of rotatable bonds is 1. The Labute approximate surface area is 141 Å². The highest BCUT2D eigenvalue weighted by molar-refractivity contribution is 5.77. The molecule has 0 radical (unpaired) electrons. The molecule has 2 nitrogen and oxygen atoms in total. The topological polar surface area (TPSA) is 26.3 Å². The van der Waals surface area contributed by atoms with Crippen molar-refractivity contribution in [3.63, 3.8) is 0 Å². The molecule has 0 amide bonds. The minimum Gasteiger partial charge on any atom is -0.469 e. The first kappa shape index (κ1) is 16.8. The summed E-state index contributed by atoms with van der Waals surface area (Å²) >= 11 is 0. The normalized spacial score (nSPS) is 39.9. The lowest BCUT2D eigenvalue weighted by atomic mass is 9.46. The van der Waals surface area contributed by atoms with Crippen LogP contribution < -0.4 is 0 Å². The highest BCUT2D eigenvalue weighted by Gasteiger charge is 2.58. The second-order valence-corrected chi connectivity index (χ2v) is 8.70. The molecule has 0 aliphatic heterocycles. The predicted octanol–water partition coefficient (Wildman–Crippen LogP) is 5.44. The Morgan fingerprint density at radius 2 is 1.91 bits per heavy atom. The third-order valence-electron chi connectivity index (χ3n) is 7.30. The van der Waals surface area contributed by atoms with Crippen molar-refractivity contribution >= 4 is 5.97 Å². The molecule has 0 aromatic heterocycles. The zero-order valence-corrected chi connectivity index (χ0v) is 15.5. The third kappa shape index (κ3) is 2.49. The largest absolute Gasteiger partial charge is 0.469 e. The fourth-order valence-electron chi connectivity index (χ4n) is 6.04. The molecule has 0 heterocycles.